The van der Waals surface area contributed by atoms with Crippen LogP contribution in [0.3, 0.4) is 0 Å². The Balaban J connectivity index is 2.55. The first-order valence-electron chi connectivity index (χ1n) is 0.685. The molecule has 0 bridgehead atoms. The Morgan fingerprint density at radius 2 is 2.25 bits per heavy atom. The summed E-state index contributed by atoms with van der Waals surface area (Å²) in [5.74, 6) is 0. The molecule has 2 nitrogen and oxygen atoms in total. The van der Waals surface area contributed by atoms with Gasteiger partial charge in [-0.05, 0) is 0 Å². The fraction of sp³-hybridized carbons (Fsp3) is 0. The second-order valence-electron chi connectivity index (χ2n) is 0.213. The Morgan fingerprint density at radius 1 is 2.00 bits per heavy atom. The van der Waals surface area contributed by atoms with E-state index in [1.165, 1.54) is 0 Å². The van der Waals surface area contributed by atoms with Gasteiger partial charge in [-0.15, -0.1) is 0 Å². The van der Waals surface area contributed by atoms with Gasteiger partial charge in [0.05, 0.1) is 0 Å². The van der Waals surface area contributed by atoms with Crippen LogP contribution in [-0.4, -0.2) is 12.3 Å². The molecule has 0 aromatic heterocycles. The van der Waals surface area contributed by atoms with Crippen LogP contribution in [0, 0.1) is 0 Å². The van der Waals surface area contributed by atoms with Crippen molar-refractivity contribution < 1.29 is 9.51 Å². The topological polar surface area (TPSA) is 32.6 Å². The minimum absolute atomic E-state index is 0.0833. The number of rotatable bonds is 0. The second kappa shape index (κ2) is 2.59. The molecule has 0 atom stereocenters. The Hall–Kier alpha value is -0.405. The average Bonchev–Trinajstić information content (AvgIpc) is 1.37. The predicted molar refractivity (Wildman–Crippen MR) is 11.5 cm³/mol. The molecule has 0 aromatic rings. The van der Waals surface area contributed by atoms with Gasteiger partial charge < -0.3 is 0 Å². The molecule has 0 aromatic carbocycles. The molecule has 0 radical (unpaired) electrons. The summed E-state index contributed by atoms with van der Waals surface area (Å²) in [7, 11) is 0.0833. The van der Waals surface area contributed by atoms with E-state index in [9.17, 15) is 4.48 Å². The van der Waals surface area contributed by atoms with Gasteiger partial charge in [0.1, 0.15) is 0 Å². The van der Waals surface area contributed by atoms with Crippen molar-refractivity contribution in [1.82, 2.24) is 0 Å². The van der Waals surface area contributed by atoms with Crippen LogP contribution in [-0.2, 0) is 0 Å². The van der Waals surface area contributed by atoms with Crippen molar-refractivity contribution in [2.24, 2.45) is 5.12 Å². The summed E-state index contributed by atoms with van der Waals surface area (Å²) in [4.78, 5) is 0. The van der Waals surface area contributed by atoms with Crippen LogP contribution in [0.1, 0.15) is 0 Å². The molecule has 22 valence electrons. The quantitative estimate of drug-likeness (QED) is 0.382. The zero-order valence-electron chi connectivity index (χ0n) is 1.85. The summed E-state index contributed by atoms with van der Waals surface area (Å²) in [6.07, 6.45) is 0. The number of nitrogens with zero attached hydrogens (tertiary/aromatic N) is 1. The maximum absolute atomic E-state index is 10.0. The zero-order valence-corrected chi connectivity index (χ0v) is 1.85. The average molecular weight is 60.8 g/mol. The van der Waals surface area contributed by atoms with Crippen molar-refractivity contribution in [3.63, 3.8) is 0 Å². The zero-order chi connectivity index (χ0) is 3.41. The Morgan fingerprint density at radius 3 is 2.25 bits per heavy atom. The van der Waals surface area contributed by atoms with Crippen molar-refractivity contribution in [1.29, 1.82) is 0 Å². The molecule has 0 aliphatic heterocycles. The number of hydrogen-bond donors (Lipinski definition) is 1. The van der Waals surface area contributed by atoms with Crippen molar-refractivity contribution in [3.05, 3.63) is 0 Å². The molecule has 0 heterocycles. The van der Waals surface area contributed by atoms with E-state index in [1.54, 1.807) is 5.12 Å². The SMILES string of the molecule is OB=NF. The number of halogens is 1. The van der Waals surface area contributed by atoms with Gasteiger partial charge in [-0.2, -0.15) is 0 Å². The van der Waals surface area contributed by atoms with Gasteiger partial charge in [0.2, 0.25) is 0 Å². The molecule has 0 rings (SSSR count). The Bertz CT molecular complexity index is 23.2. The summed E-state index contributed by atoms with van der Waals surface area (Å²) >= 11 is 0. The van der Waals surface area contributed by atoms with E-state index >= 15 is 0 Å². The molecular weight excluding hydrogens is 59.8 g/mol. The third-order valence-corrected chi connectivity index (χ3v) is 0.0436. The van der Waals surface area contributed by atoms with Gasteiger partial charge in [0.25, 0.3) is 0 Å². The van der Waals surface area contributed by atoms with Crippen LogP contribution < -0.4 is 0 Å². The molecule has 1 N–H and O–H groups in total. The molecule has 0 saturated carbocycles. The van der Waals surface area contributed by atoms with Gasteiger partial charge in [-0.25, -0.2) is 0 Å². The summed E-state index contributed by atoms with van der Waals surface area (Å²) in [5, 5.41) is 8.88. The normalized spacial score (nSPS) is 7.25. The van der Waals surface area contributed by atoms with Crippen LogP contribution >= 0.6 is 0 Å². The van der Waals surface area contributed by atoms with Crippen LogP contribution in [0.5, 0.6) is 0 Å². The molecular formula is HBFNO. The predicted octanol–water partition coefficient (Wildman–Crippen LogP) is -0.334. The summed E-state index contributed by atoms with van der Waals surface area (Å²) in [6.45, 7) is 0. The first-order chi connectivity index (χ1) is 1.91. The van der Waals surface area contributed by atoms with E-state index in [1.807, 2.05) is 0 Å². The van der Waals surface area contributed by atoms with E-state index in [0.717, 1.165) is 0 Å². The molecule has 0 amide bonds. The van der Waals surface area contributed by atoms with E-state index in [4.69, 9.17) is 5.02 Å². The molecule has 0 unspecified atom stereocenters. The van der Waals surface area contributed by atoms with Crippen molar-refractivity contribution >= 4 is 7.27 Å². The molecule has 0 fully saturated rings. The number of hydrogen-bond acceptors (Lipinski definition) is 1. The summed E-state index contributed by atoms with van der Waals surface area (Å²) in [5.41, 5.74) is 0. The van der Waals surface area contributed by atoms with Gasteiger partial charge >= 0.3 is 21.9 Å². The third kappa shape index (κ3) is 1.59. The van der Waals surface area contributed by atoms with Crippen molar-refractivity contribution in [2.45, 2.75) is 0 Å². The second-order valence-corrected chi connectivity index (χ2v) is 0.213. The molecule has 0 saturated heterocycles. The van der Waals surface area contributed by atoms with Crippen LogP contribution in [0.2, 0.25) is 0 Å². The molecule has 0 spiro atoms. The summed E-state index contributed by atoms with van der Waals surface area (Å²) in [6, 6.07) is 0. The van der Waals surface area contributed by atoms with Crippen molar-refractivity contribution in [2.75, 3.05) is 0 Å². The van der Waals surface area contributed by atoms with Gasteiger partial charge in [0.15, 0.2) is 0 Å². The van der Waals surface area contributed by atoms with Gasteiger partial charge in [0, 0.05) is 0 Å². The van der Waals surface area contributed by atoms with Crippen molar-refractivity contribution in [3.8, 4) is 0 Å². The van der Waals surface area contributed by atoms with E-state index in [2.05, 4.69) is 0 Å². The molecule has 4 heavy (non-hydrogen) atoms. The Kier molecular flexibility index (Phi) is 2.33. The fourth-order valence-electron chi connectivity index (χ4n) is 0. The van der Waals surface area contributed by atoms with Gasteiger partial charge in [-0.3, -0.25) is 0 Å². The first kappa shape index (κ1) is 3.59. The van der Waals surface area contributed by atoms with Crippen LogP contribution in [0.25, 0.3) is 0 Å². The van der Waals surface area contributed by atoms with Gasteiger partial charge in [-0.1, -0.05) is 0 Å². The maximum atomic E-state index is 10.0. The standard InChI is InChI=1S/BFHNO/c2-3-1-4/h4H. The van der Waals surface area contributed by atoms with E-state index < -0.39 is 0 Å². The third-order valence-electron chi connectivity index (χ3n) is 0.0436. The minimum atomic E-state index is 0.0833. The first-order valence-corrected chi connectivity index (χ1v) is 0.685. The molecule has 0 aliphatic rings. The van der Waals surface area contributed by atoms with E-state index in [-0.39, 0.29) is 7.27 Å². The Labute approximate surface area is 23.2 Å². The monoisotopic (exact) mass is 61.0 g/mol. The van der Waals surface area contributed by atoms with E-state index in [0.29, 0.717) is 0 Å². The fourth-order valence-corrected chi connectivity index (χ4v) is 0. The summed E-state index contributed by atoms with van der Waals surface area (Å²) < 4.78 is 10.0. The molecule has 4 heteroatoms. The van der Waals surface area contributed by atoms with Crippen LogP contribution in [0.4, 0.5) is 4.48 Å². The van der Waals surface area contributed by atoms with Crippen LogP contribution in [0.15, 0.2) is 5.12 Å². The molecule has 0 aliphatic carbocycles.